The van der Waals surface area contributed by atoms with Crippen LogP contribution >= 0.6 is 22.6 Å². The van der Waals surface area contributed by atoms with E-state index in [0.717, 1.165) is 5.92 Å². The van der Waals surface area contributed by atoms with Gasteiger partial charge in [0.1, 0.15) is 0 Å². The molecule has 0 aromatic rings. The molecule has 0 N–H and O–H groups in total. The second-order valence-electron chi connectivity index (χ2n) is 4.62. The minimum absolute atomic E-state index is 0.893. The molecule has 2 aliphatic rings. The van der Waals surface area contributed by atoms with Crippen molar-refractivity contribution in [3.8, 4) is 0 Å². The normalized spacial score (nSPS) is 27.5. The molecule has 0 aromatic heterocycles. The highest BCUT2D eigenvalue weighted by Gasteiger charge is 2.31. The predicted molar refractivity (Wildman–Crippen MR) is 75.4 cm³/mol. The highest BCUT2D eigenvalue weighted by molar-refractivity contribution is 14.1. The van der Waals surface area contributed by atoms with Gasteiger partial charge in [-0.2, -0.15) is 0 Å². The highest BCUT2D eigenvalue weighted by atomic mass is 127. The Bertz CT molecular complexity index is 344. The second kappa shape index (κ2) is 4.86. The zero-order valence-corrected chi connectivity index (χ0v) is 11.8. The van der Waals surface area contributed by atoms with E-state index in [4.69, 9.17) is 0 Å². The van der Waals surface area contributed by atoms with Crippen LogP contribution in [0.15, 0.2) is 34.4 Å². The summed E-state index contributed by atoms with van der Waals surface area (Å²) >= 11 is 2.48. The van der Waals surface area contributed by atoms with Crippen molar-refractivity contribution in [3.05, 3.63) is 34.4 Å². The van der Waals surface area contributed by atoms with E-state index in [0.29, 0.717) is 0 Å². The molecular weight excluding hydrogens is 295 g/mol. The van der Waals surface area contributed by atoms with Crippen LogP contribution in [0.25, 0.3) is 0 Å². The van der Waals surface area contributed by atoms with Crippen molar-refractivity contribution >= 4 is 22.6 Å². The molecule has 0 heterocycles. The number of hydrogen-bond acceptors (Lipinski definition) is 0. The van der Waals surface area contributed by atoms with Crippen LogP contribution in [0.3, 0.4) is 0 Å². The van der Waals surface area contributed by atoms with Crippen LogP contribution in [0.5, 0.6) is 0 Å². The van der Waals surface area contributed by atoms with Gasteiger partial charge in [-0.25, -0.2) is 0 Å². The third kappa shape index (κ3) is 2.22. The van der Waals surface area contributed by atoms with E-state index in [-0.39, 0.29) is 0 Å². The van der Waals surface area contributed by atoms with Crippen molar-refractivity contribution in [1.29, 1.82) is 0 Å². The highest BCUT2D eigenvalue weighted by Crippen LogP contribution is 2.47. The van der Waals surface area contributed by atoms with Gasteiger partial charge in [-0.05, 0) is 66.6 Å². The van der Waals surface area contributed by atoms with Crippen LogP contribution in [-0.4, -0.2) is 4.43 Å². The lowest BCUT2D eigenvalue weighted by atomic mass is 9.67. The average molecular weight is 314 g/mol. The average Bonchev–Trinajstić information content (AvgIpc) is 2.19. The summed E-state index contributed by atoms with van der Waals surface area (Å²) in [5, 5.41) is 0. The van der Waals surface area contributed by atoms with Crippen LogP contribution < -0.4 is 0 Å². The lowest BCUT2D eigenvalue weighted by Gasteiger charge is -2.38. The van der Waals surface area contributed by atoms with Gasteiger partial charge in [0, 0.05) is 0 Å². The van der Waals surface area contributed by atoms with Crippen molar-refractivity contribution in [2.24, 2.45) is 5.92 Å². The minimum Gasteiger partial charge on any atom is -0.0864 e. The van der Waals surface area contributed by atoms with Gasteiger partial charge in [0.2, 0.25) is 0 Å². The maximum atomic E-state index is 2.48. The third-order valence-electron chi connectivity index (χ3n) is 3.58. The van der Waals surface area contributed by atoms with Crippen molar-refractivity contribution < 1.29 is 0 Å². The first-order valence-electron chi connectivity index (χ1n) is 5.88. The fourth-order valence-corrected chi connectivity index (χ4v) is 3.28. The van der Waals surface area contributed by atoms with Crippen molar-refractivity contribution in [1.82, 2.24) is 0 Å². The summed E-state index contributed by atoms with van der Waals surface area (Å²) in [6.45, 7) is 4.44. The van der Waals surface area contributed by atoms with E-state index < -0.39 is 0 Å². The number of allylic oxidation sites excluding steroid dienone is 6. The Morgan fingerprint density at radius 2 is 2.33 bits per heavy atom. The third-order valence-corrected chi connectivity index (χ3v) is 4.35. The molecule has 0 nitrogen and oxygen atoms in total. The summed E-state index contributed by atoms with van der Waals surface area (Å²) in [5.74, 6) is 0.893. The van der Waals surface area contributed by atoms with Crippen LogP contribution in [0, 0.1) is 5.92 Å². The SMILES string of the molecule is C/C=C1/C=C(C)C2=C(C1)CC2CCCI. The molecule has 82 valence electrons. The summed E-state index contributed by atoms with van der Waals surface area (Å²) in [7, 11) is 0. The van der Waals surface area contributed by atoms with Crippen LogP contribution in [0.4, 0.5) is 0 Å². The molecule has 15 heavy (non-hydrogen) atoms. The molecule has 0 aromatic carbocycles. The van der Waals surface area contributed by atoms with Crippen LogP contribution in [-0.2, 0) is 0 Å². The van der Waals surface area contributed by atoms with Crippen molar-refractivity contribution in [2.45, 2.75) is 39.5 Å². The summed E-state index contributed by atoms with van der Waals surface area (Å²) in [6, 6.07) is 0. The van der Waals surface area contributed by atoms with Gasteiger partial charge in [-0.3, -0.25) is 0 Å². The molecule has 0 spiro atoms. The zero-order valence-electron chi connectivity index (χ0n) is 9.65. The van der Waals surface area contributed by atoms with Gasteiger partial charge >= 0.3 is 0 Å². The fraction of sp³-hybridized carbons (Fsp3) is 0.571. The van der Waals surface area contributed by atoms with E-state index in [2.05, 4.69) is 48.6 Å². The summed E-state index contributed by atoms with van der Waals surface area (Å²) < 4.78 is 1.31. The van der Waals surface area contributed by atoms with Gasteiger partial charge in [0.15, 0.2) is 0 Å². The molecule has 0 radical (unpaired) electrons. The van der Waals surface area contributed by atoms with Crippen LogP contribution in [0.2, 0.25) is 0 Å². The first kappa shape index (κ1) is 11.4. The van der Waals surface area contributed by atoms with E-state index in [1.54, 1.807) is 11.1 Å². The monoisotopic (exact) mass is 314 g/mol. The quantitative estimate of drug-likeness (QED) is 0.518. The lowest BCUT2D eigenvalue weighted by Crippen LogP contribution is -2.22. The number of rotatable bonds is 3. The zero-order chi connectivity index (χ0) is 10.8. The summed E-state index contributed by atoms with van der Waals surface area (Å²) in [5.41, 5.74) is 6.49. The number of halogens is 1. The Hall–Kier alpha value is -0.0500. The Labute approximate surface area is 107 Å². The Kier molecular flexibility index (Phi) is 3.70. The Balaban J connectivity index is 2.07. The van der Waals surface area contributed by atoms with Crippen LogP contribution in [0.1, 0.15) is 39.5 Å². The second-order valence-corrected chi connectivity index (χ2v) is 5.70. The molecule has 2 rings (SSSR count). The van der Waals surface area contributed by atoms with Gasteiger partial charge in [0.25, 0.3) is 0 Å². The molecule has 0 aliphatic heterocycles. The Morgan fingerprint density at radius 3 is 2.93 bits per heavy atom. The molecule has 0 saturated carbocycles. The van der Waals surface area contributed by atoms with E-state index in [1.165, 1.54) is 41.3 Å². The molecular formula is C14H19I. The molecule has 0 fully saturated rings. The molecule has 2 aliphatic carbocycles. The maximum absolute atomic E-state index is 2.48. The van der Waals surface area contributed by atoms with Crippen molar-refractivity contribution in [3.63, 3.8) is 0 Å². The fourth-order valence-electron chi connectivity index (χ4n) is 2.84. The summed E-state index contributed by atoms with van der Waals surface area (Å²) in [4.78, 5) is 0. The van der Waals surface area contributed by atoms with E-state index >= 15 is 0 Å². The molecule has 1 unspecified atom stereocenters. The van der Waals surface area contributed by atoms with Gasteiger partial charge in [0.05, 0.1) is 0 Å². The van der Waals surface area contributed by atoms with E-state index in [1.807, 2.05) is 0 Å². The predicted octanol–water partition coefficient (Wildman–Crippen LogP) is 4.81. The largest absolute Gasteiger partial charge is 0.0864 e. The van der Waals surface area contributed by atoms with Gasteiger partial charge < -0.3 is 0 Å². The smallest absolute Gasteiger partial charge is 0.000451 e. The first-order valence-corrected chi connectivity index (χ1v) is 7.40. The molecule has 0 saturated heterocycles. The summed E-state index contributed by atoms with van der Waals surface area (Å²) in [6.07, 6.45) is 10.0. The number of hydrogen-bond donors (Lipinski definition) is 0. The standard InChI is InChI=1S/C14H19I/c1-3-11-7-10(2)14-12(5-4-6-15)9-13(14)8-11/h3,7,12H,4-6,8-9H2,1-2H3/b11-3-. The van der Waals surface area contributed by atoms with E-state index in [9.17, 15) is 0 Å². The topological polar surface area (TPSA) is 0 Å². The molecule has 0 amide bonds. The molecule has 1 atom stereocenters. The maximum Gasteiger partial charge on any atom is -0.000451 e. The van der Waals surface area contributed by atoms with Crippen molar-refractivity contribution in [2.75, 3.05) is 4.43 Å². The van der Waals surface area contributed by atoms with Gasteiger partial charge in [-0.15, -0.1) is 0 Å². The number of alkyl halides is 1. The first-order chi connectivity index (χ1) is 7.26. The lowest BCUT2D eigenvalue weighted by molar-refractivity contribution is 0.482. The Morgan fingerprint density at radius 1 is 1.53 bits per heavy atom. The van der Waals surface area contributed by atoms with Gasteiger partial charge in [-0.1, -0.05) is 40.3 Å². The minimum atomic E-state index is 0.893. The molecule has 1 heteroatoms. The molecule has 0 bridgehead atoms.